The molecule has 0 spiro atoms. The van der Waals surface area contributed by atoms with E-state index in [9.17, 15) is 4.39 Å². The SMILES string of the molecule is NCCCC(Oc1ccc(-c2csc(N)n2)c(F)c1)C1CCN(Cc2ccc(Cl)c(Cl)c2)CC1. The molecule has 5 nitrogen and oxygen atoms in total. The van der Waals surface area contributed by atoms with Crippen molar-refractivity contribution >= 4 is 39.7 Å². The van der Waals surface area contributed by atoms with Crippen LogP contribution in [0.15, 0.2) is 41.8 Å². The van der Waals surface area contributed by atoms with Crippen molar-refractivity contribution in [2.45, 2.75) is 38.3 Å². The minimum absolute atomic E-state index is 0.00385. The monoisotopic (exact) mass is 522 g/mol. The largest absolute Gasteiger partial charge is 0.490 e. The number of benzene rings is 2. The summed E-state index contributed by atoms with van der Waals surface area (Å²) >= 11 is 13.5. The van der Waals surface area contributed by atoms with E-state index in [1.165, 1.54) is 17.4 Å². The topological polar surface area (TPSA) is 77.4 Å². The molecule has 2 heterocycles. The number of anilines is 1. The third-order valence-corrected chi connectivity index (χ3v) is 7.68. The van der Waals surface area contributed by atoms with E-state index < -0.39 is 0 Å². The summed E-state index contributed by atoms with van der Waals surface area (Å²) < 4.78 is 21.1. The zero-order chi connectivity index (χ0) is 24.1. The number of rotatable bonds is 9. The molecule has 0 aliphatic carbocycles. The number of nitrogens with zero attached hydrogens (tertiary/aromatic N) is 2. The second-order valence-electron chi connectivity index (χ2n) is 8.66. The summed E-state index contributed by atoms with van der Waals surface area (Å²) in [6.45, 7) is 3.37. The summed E-state index contributed by atoms with van der Waals surface area (Å²) in [4.78, 5) is 6.60. The number of halogens is 3. The predicted octanol–water partition coefficient (Wildman–Crippen LogP) is 6.24. The maximum atomic E-state index is 14.8. The van der Waals surface area contributed by atoms with Crippen LogP contribution in [0, 0.1) is 11.7 Å². The van der Waals surface area contributed by atoms with Gasteiger partial charge in [-0.05, 0) is 81.1 Å². The summed E-state index contributed by atoms with van der Waals surface area (Å²) in [5.74, 6) is 0.555. The number of piperidine rings is 1. The van der Waals surface area contributed by atoms with E-state index in [4.69, 9.17) is 39.4 Å². The minimum atomic E-state index is -0.364. The third kappa shape index (κ3) is 6.40. The lowest BCUT2D eigenvalue weighted by molar-refractivity contribution is 0.0677. The lowest BCUT2D eigenvalue weighted by Crippen LogP contribution is -2.39. The smallest absolute Gasteiger partial charge is 0.180 e. The van der Waals surface area contributed by atoms with E-state index in [2.05, 4.69) is 9.88 Å². The molecule has 1 aromatic heterocycles. The molecule has 3 aromatic rings. The molecule has 1 fully saturated rings. The molecule has 2 aromatic carbocycles. The number of ether oxygens (including phenoxy) is 1. The van der Waals surface area contributed by atoms with E-state index in [1.807, 2.05) is 24.3 Å². The summed E-state index contributed by atoms with van der Waals surface area (Å²) in [5.41, 5.74) is 13.6. The van der Waals surface area contributed by atoms with Crippen molar-refractivity contribution in [1.29, 1.82) is 0 Å². The van der Waals surface area contributed by atoms with Gasteiger partial charge in [0.15, 0.2) is 5.13 Å². The average Bonchev–Trinajstić information content (AvgIpc) is 3.25. The molecule has 0 radical (unpaired) electrons. The molecule has 1 aliphatic heterocycles. The molecular weight excluding hydrogens is 494 g/mol. The van der Waals surface area contributed by atoms with Crippen molar-refractivity contribution in [1.82, 2.24) is 9.88 Å². The molecule has 0 amide bonds. The summed E-state index contributed by atoms with van der Waals surface area (Å²) in [6.07, 6.45) is 3.73. The summed E-state index contributed by atoms with van der Waals surface area (Å²) in [5, 5.41) is 3.33. The van der Waals surface area contributed by atoms with Crippen LogP contribution in [0.25, 0.3) is 11.3 Å². The van der Waals surface area contributed by atoms with Gasteiger partial charge in [-0.25, -0.2) is 9.37 Å². The molecule has 1 aliphatic rings. The van der Waals surface area contributed by atoms with Gasteiger partial charge in [0, 0.05) is 23.6 Å². The number of likely N-dealkylation sites (tertiary alicyclic amines) is 1. The van der Waals surface area contributed by atoms with Gasteiger partial charge in [0.05, 0.1) is 15.7 Å². The van der Waals surface area contributed by atoms with Crippen molar-refractivity contribution in [2.24, 2.45) is 11.7 Å². The number of aromatic nitrogens is 1. The Balaban J connectivity index is 1.38. The van der Waals surface area contributed by atoms with Crippen LogP contribution in [0.2, 0.25) is 10.0 Å². The molecular formula is C25H29Cl2FN4OS. The highest BCUT2D eigenvalue weighted by Crippen LogP contribution is 2.32. The Kier molecular flexibility index (Phi) is 8.66. The first-order valence-electron chi connectivity index (χ1n) is 11.5. The molecule has 1 unspecified atom stereocenters. The molecule has 4 N–H and O–H groups in total. The van der Waals surface area contributed by atoms with E-state index in [1.54, 1.807) is 11.4 Å². The van der Waals surface area contributed by atoms with Gasteiger partial charge >= 0.3 is 0 Å². The Bertz CT molecular complexity index is 1100. The Morgan fingerprint density at radius 1 is 1.15 bits per heavy atom. The lowest BCUT2D eigenvalue weighted by Gasteiger charge is -2.36. The third-order valence-electron chi connectivity index (χ3n) is 6.27. The second kappa shape index (κ2) is 11.7. The van der Waals surface area contributed by atoms with E-state index in [0.717, 1.165) is 50.9 Å². The standard InChI is InChI=1S/C25H29Cl2FN4OS/c26-20-6-3-16(12-21(20)27)14-32-10-7-17(8-11-32)24(2-1-9-29)33-18-4-5-19(22(28)13-18)23-15-34-25(30)31-23/h3-6,12-13,15,17,24H,1-2,7-11,14,29H2,(H2,30,31). The molecule has 0 bridgehead atoms. The number of nitrogens with two attached hydrogens (primary N) is 2. The van der Waals surface area contributed by atoms with Crippen LogP contribution in [0.5, 0.6) is 5.75 Å². The molecule has 34 heavy (non-hydrogen) atoms. The quantitative estimate of drug-likeness (QED) is 0.347. The molecule has 9 heteroatoms. The van der Waals surface area contributed by atoms with Crippen molar-refractivity contribution in [3.63, 3.8) is 0 Å². The van der Waals surface area contributed by atoms with Crippen molar-refractivity contribution < 1.29 is 9.13 Å². The van der Waals surface area contributed by atoms with Crippen LogP contribution in [-0.2, 0) is 6.54 Å². The second-order valence-corrected chi connectivity index (χ2v) is 10.4. The molecule has 4 rings (SSSR count). The fourth-order valence-corrected chi connectivity index (χ4v) is 5.34. The highest BCUT2D eigenvalue weighted by molar-refractivity contribution is 7.13. The van der Waals surface area contributed by atoms with E-state index >= 15 is 0 Å². The first-order valence-corrected chi connectivity index (χ1v) is 13.1. The fourth-order valence-electron chi connectivity index (χ4n) is 4.45. The molecule has 1 saturated heterocycles. The minimum Gasteiger partial charge on any atom is -0.490 e. The van der Waals surface area contributed by atoms with Gasteiger partial charge in [0.2, 0.25) is 0 Å². The summed E-state index contributed by atoms with van der Waals surface area (Å²) in [6, 6.07) is 10.8. The number of hydrogen-bond acceptors (Lipinski definition) is 6. The maximum absolute atomic E-state index is 14.8. The van der Waals surface area contributed by atoms with Crippen molar-refractivity contribution in [2.75, 3.05) is 25.4 Å². The zero-order valence-corrected chi connectivity index (χ0v) is 21.2. The van der Waals surface area contributed by atoms with Crippen molar-refractivity contribution in [3.05, 3.63) is 63.2 Å². The lowest BCUT2D eigenvalue weighted by atomic mass is 9.88. The molecule has 1 atom stereocenters. The number of hydrogen-bond donors (Lipinski definition) is 2. The number of thiazole rings is 1. The Morgan fingerprint density at radius 3 is 2.59 bits per heavy atom. The normalized spacial score (nSPS) is 16.0. The molecule has 0 saturated carbocycles. The molecule has 182 valence electrons. The van der Waals surface area contributed by atoms with E-state index in [-0.39, 0.29) is 11.9 Å². The first kappa shape index (κ1) is 25.2. The van der Waals surface area contributed by atoms with Gasteiger partial charge < -0.3 is 16.2 Å². The average molecular weight is 524 g/mol. The predicted molar refractivity (Wildman–Crippen MR) is 139 cm³/mol. The first-order chi connectivity index (χ1) is 16.4. The van der Waals surface area contributed by atoms with Gasteiger partial charge in [-0.3, -0.25) is 4.90 Å². The van der Waals surface area contributed by atoms with Crippen LogP contribution in [0.3, 0.4) is 0 Å². The Hall–Kier alpha value is -1.90. The highest BCUT2D eigenvalue weighted by atomic mass is 35.5. The van der Waals surface area contributed by atoms with Crippen LogP contribution < -0.4 is 16.2 Å². The summed E-state index contributed by atoms with van der Waals surface area (Å²) in [7, 11) is 0. The Morgan fingerprint density at radius 2 is 1.94 bits per heavy atom. The van der Waals surface area contributed by atoms with Crippen LogP contribution in [0.1, 0.15) is 31.2 Å². The Labute approximate surface area is 213 Å². The van der Waals surface area contributed by atoms with Gasteiger partial charge in [0.1, 0.15) is 17.7 Å². The highest BCUT2D eigenvalue weighted by Gasteiger charge is 2.28. The van der Waals surface area contributed by atoms with Crippen LogP contribution in [-0.4, -0.2) is 35.6 Å². The maximum Gasteiger partial charge on any atom is 0.180 e. The fraction of sp³-hybridized carbons (Fsp3) is 0.400. The zero-order valence-electron chi connectivity index (χ0n) is 18.9. The van der Waals surface area contributed by atoms with Crippen LogP contribution >= 0.6 is 34.5 Å². The van der Waals surface area contributed by atoms with Crippen molar-refractivity contribution in [3.8, 4) is 17.0 Å². The van der Waals surface area contributed by atoms with Gasteiger partial charge in [-0.15, -0.1) is 11.3 Å². The van der Waals surface area contributed by atoms with Gasteiger partial charge in [0.25, 0.3) is 0 Å². The van der Waals surface area contributed by atoms with E-state index in [0.29, 0.717) is 44.6 Å². The van der Waals surface area contributed by atoms with Gasteiger partial charge in [-0.2, -0.15) is 0 Å². The number of nitrogen functional groups attached to an aromatic ring is 1. The van der Waals surface area contributed by atoms with Gasteiger partial charge in [-0.1, -0.05) is 29.3 Å². The van der Waals surface area contributed by atoms with Crippen LogP contribution in [0.4, 0.5) is 9.52 Å².